The molecule has 0 aromatic heterocycles. The number of aryl methyl sites for hydroxylation is 2. The number of hydrogen-bond donors (Lipinski definition) is 1. The first-order valence-electron chi connectivity index (χ1n) is 10.4. The monoisotopic (exact) mass is 481 g/mol. The van der Waals surface area contributed by atoms with E-state index in [1.807, 2.05) is 0 Å². The number of amides is 1. The van der Waals surface area contributed by atoms with Crippen LogP contribution in [0.3, 0.4) is 0 Å². The predicted octanol–water partition coefficient (Wildman–Crippen LogP) is 2.85. The van der Waals surface area contributed by atoms with E-state index in [2.05, 4.69) is 5.32 Å². The Labute approximate surface area is 191 Å². The molecule has 0 spiro atoms. The predicted molar refractivity (Wildman–Crippen MR) is 126 cm³/mol. The van der Waals surface area contributed by atoms with Gasteiger partial charge in [-0.1, -0.05) is 32.0 Å². The first-order chi connectivity index (χ1) is 14.9. The quantitative estimate of drug-likeness (QED) is 0.562. The van der Waals surface area contributed by atoms with Crippen LogP contribution in [-0.4, -0.2) is 58.5 Å². The van der Waals surface area contributed by atoms with Gasteiger partial charge < -0.3 is 5.32 Å². The summed E-state index contributed by atoms with van der Waals surface area (Å²) in [5, 5.41) is 2.77. The molecule has 1 amide bonds. The summed E-state index contributed by atoms with van der Waals surface area (Å²) in [7, 11) is -4.22. The highest BCUT2D eigenvalue weighted by molar-refractivity contribution is 7.89. The smallest absolute Gasteiger partial charge is 0.243 e. The first-order valence-corrected chi connectivity index (χ1v) is 13.2. The number of hydrogen-bond acceptors (Lipinski definition) is 5. The van der Waals surface area contributed by atoms with Gasteiger partial charge in [-0.2, -0.15) is 4.31 Å². The van der Waals surface area contributed by atoms with Crippen LogP contribution in [0.25, 0.3) is 0 Å². The normalized spacial score (nSPS) is 12.3. The SMILES string of the molecule is CCN(CC)S(=O)(=O)c1ccc(CCC(=O)Nc2cc(S(=O)(=O)N(C)C)ccc2C)cc1. The van der Waals surface area contributed by atoms with Crippen molar-refractivity contribution in [3.63, 3.8) is 0 Å². The van der Waals surface area contributed by atoms with Gasteiger partial charge >= 0.3 is 0 Å². The topological polar surface area (TPSA) is 104 Å². The molecule has 0 aliphatic carbocycles. The lowest BCUT2D eigenvalue weighted by molar-refractivity contribution is -0.116. The Morgan fingerprint density at radius 1 is 0.875 bits per heavy atom. The van der Waals surface area contributed by atoms with E-state index < -0.39 is 20.0 Å². The highest BCUT2D eigenvalue weighted by Crippen LogP contribution is 2.22. The molecular weight excluding hydrogens is 450 g/mol. The van der Waals surface area contributed by atoms with Gasteiger partial charge in [0.1, 0.15) is 0 Å². The van der Waals surface area contributed by atoms with Gasteiger partial charge in [-0.05, 0) is 48.7 Å². The molecule has 176 valence electrons. The zero-order chi connectivity index (χ0) is 24.1. The molecule has 2 aromatic rings. The zero-order valence-electron chi connectivity index (χ0n) is 19.1. The van der Waals surface area contributed by atoms with Gasteiger partial charge in [-0.3, -0.25) is 4.79 Å². The minimum absolute atomic E-state index is 0.105. The summed E-state index contributed by atoms with van der Waals surface area (Å²) in [5.41, 5.74) is 2.03. The number of carbonyl (C=O) groups excluding carboxylic acids is 1. The van der Waals surface area contributed by atoms with Crippen molar-refractivity contribution >= 4 is 31.6 Å². The Balaban J connectivity index is 2.07. The second kappa shape index (κ2) is 10.6. The minimum atomic E-state index is -3.60. The fourth-order valence-corrected chi connectivity index (χ4v) is 5.50. The fraction of sp³-hybridized carbons (Fsp3) is 0.409. The van der Waals surface area contributed by atoms with E-state index in [1.165, 1.54) is 30.5 Å². The summed E-state index contributed by atoms with van der Waals surface area (Å²) >= 11 is 0. The largest absolute Gasteiger partial charge is 0.326 e. The van der Waals surface area contributed by atoms with Gasteiger partial charge in [-0.25, -0.2) is 21.1 Å². The first kappa shape index (κ1) is 26.0. The second-order valence-electron chi connectivity index (χ2n) is 7.55. The van der Waals surface area contributed by atoms with Crippen LogP contribution < -0.4 is 5.32 Å². The highest BCUT2D eigenvalue weighted by atomic mass is 32.2. The lowest BCUT2D eigenvalue weighted by Crippen LogP contribution is -2.30. The van der Waals surface area contributed by atoms with E-state index in [0.717, 1.165) is 15.4 Å². The Morgan fingerprint density at radius 3 is 1.97 bits per heavy atom. The second-order valence-corrected chi connectivity index (χ2v) is 11.6. The summed E-state index contributed by atoms with van der Waals surface area (Å²) < 4.78 is 52.3. The van der Waals surface area contributed by atoms with Gasteiger partial charge in [0.15, 0.2) is 0 Å². The van der Waals surface area contributed by atoms with Crippen molar-refractivity contribution in [2.75, 3.05) is 32.5 Å². The van der Waals surface area contributed by atoms with Crippen molar-refractivity contribution in [3.8, 4) is 0 Å². The summed E-state index contributed by atoms with van der Waals surface area (Å²) in [5.74, 6) is -0.257. The summed E-state index contributed by atoms with van der Waals surface area (Å²) in [4.78, 5) is 12.8. The van der Waals surface area contributed by atoms with E-state index >= 15 is 0 Å². The third-order valence-electron chi connectivity index (χ3n) is 5.17. The van der Waals surface area contributed by atoms with E-state index in [0.29, 0.717) is 25.2 Å². The van der Waals surface area contributed by atoms with Gasteiger partial charge in [0.05, 0.1) is 9.79 Å². The van der Waals surface area contributed by atoms with E-state index in [9.17, 15) is 21.6 Å². The Kier molecular flexibility index (Phi) is 8.58. The molecule has 0 saturated carbocycles. The van der Waals surface area contributed by atoms with Crippen LogP contribution in [0.15, 0.2) is 52.3 Å². The van der Waals surface area contributed by atoms with Crippen molar-refractivity contribution in [3.05, 3.63) is 53.6 Å². The standard InChI is InChI=1S/C22H31N3O5S2/c1-6-25(7-2)32(29,30)19-13-9-18(10-14-19)11-15-22(26)23-21-16-20(12-8-17(21)3)31(27,28)24(4)5/h8-10,12-14,16H,6-7,11,15H2,1-5H3,(H,23,26). The summed E-state index contributed by atoms with van der Waals surface area (Å²) in [6.07, 6.45) is 0.596. The number of rotatable bonds is 10. The maximum absolute atomic E-state index is 12.6. The molecule has 0 unspecified atom stereocenters. The van der Waals surface area contributed by atoms with Crippen LogP contribution in [0.2, 0.25) is 0 Å². The van der Waals surface area contributed by atoms with Crippen LogP contribution in [0.5, 0.6) is 0 Å². The van der Waals surface area contributed by atoms with E-state index in [4.69, 9.17) is 0 Å². The molecule has 0 atom stereocenters. The molecular formula is C22H31N3O5S2. The molecule has 10 heteroatoms. The molecule has 0 radical (unpaired) electrons. The molecule has 0 saturated heterocycles. The average Bonchev–Trinajstić information content (AvgIpc) is 2.74. The maximum atomic E-state index is 12.6. The number of anilines is 1. The van der Waals surface area contributed by atoms with Crippen LogP contribution >= 0.6 is 0 Å². The Morgan fingerprint density at radius 2 is 1.44 bits per heavy atom. The third kappa shape index (κ3) is 5.94. The van der Waals surface area contributed by atoms with Crippen molar-refractivity contribution in [1.82, 2.24) is 8.61 Å². The number of carbonyl (C=O) groups is 1. The molecule has 0 fully saturated rings. The number of nitrogens with one attached hydrogen (secondary N) is 1. The van der Waals surface area contributed by atoms with Gasteiger partial charge in [-0.15, -0.1) is 0 Å². The summed E-state index contributed by atoms with van der Waals surface area (Å²) in [6.45, 7) is 6.17. The average molecular weight is 482 g/mol. The van der Waals surface area contributed by atoms with Gasteiger partial charge in [0.25, 0.3) is 0 Å². The highest BCUT2D eigenvalue weighted by Gasteiger charge is 2.21. The van der Waals surface area contributed by atoms with Gasteiger partial charge in [0.2, 0.25) is 26.0 Å². The lowest BCUT2D eigenvalue weighted by Gasteiger charge is -2.18. The minimum Gasteiger partial charge on any atom is -0.326 e. The van der Waals surface area contributed by atoms with Crippen LogP contribution in [0.4, 0.5) is 5.69 Å². The third-order valence-corrected chi connectivity index (χ3v) is 9.04. The van der Waals surface area contributed by atoms with Gasteiger partial charge in [0, 0.05) is 39.3 Å². The molecule has 8 nitrogen and oxygen atoms in total. The molecule has 1 N–H and O–H groups in total. The molecule has 2 aromatic carbocycles. The summed E-state index contributed by atoms with van der Waals surface area (Å²) in [6, 6.07) is 11.1. The zero-order valence-corrected chi connectivity index (χ0v) is 20.8. The molecule has 0 bridgehead atoms. The molecule has 2 rings (SSSR count). The Bertz CT molecular complexity index is 1150. The van der Waals surface area contributed by atoms with E-state index in [1.54, 1.807) is 51.1 Å². The molecule has 0 aliphatic rings. The van der Waals surface area contributed by atoms with Crippen molar-refractivity contribution < 1.29 is 21.6 Å². The van der Waals surface area contributed by atoms with Crippen molar-refractivity contribution in [1.29, 1.82) is 0 Å². The number of benzene rings is 2. The van der Waals surface area contributed by atoms with Crippen LogP contribution in [0, 0.1) is 6.92 Å². The van der Waals surface area contributed by atoms with Crippen LogP contribution in [0.1, 0.15) is 31.4 Å². The molecule has 0 aliphatic heterocycles. The Hall–Kier alpha value is -2.27. The van der Waals surface area contributed by atoms with Crippen molar-refractivity contribution in [2.24, 2.45) is 0 Å². The maximum Gasteiger partial charge on any atom is 0.243 e. The molecule has 32 heavy (non-hydrogen) atoms. The molecule has 0 heterocycles. The van der Waals surface area contributed by atoms with Crippen LogP contribution in [-0.2, 0) is 31.3 Å². The van der Waals surface area contributed by atoms with Crippen molar-refractivity contribution in [2.45, 2.75) is 43.4 Å². The lowest BCUT2D eigenvalue weighted by atomic mass is 10.1. The van der Waals surface area contributed by atoms with E-state index in [-0.39, 0.29) is 22.1 Å². The fourth-order valence-electron chi connectivity index (χ4n) is 3.12. The number of nitrogens with zero attached hydrogens (tertiary/aromatic N) is 2. The number of sulfonamides is 2.